The van der Waals surface area contributed by atoms with Crippen LogP contribution in [0, 0.1) is 0 Å². The second-order valence-corrected chi connectivity index (χ2v) is 5.97. The van der Waals surface area contributed by atoms with E-state index in [0.717, 1.165) is 12.1 Å². The lowest BCUT2D eigenvalue weighted by Crippen LogP contribution is -2.21. The van der Waals surface area contributed by atoms with Crippen LogP contribution >= 0.6 is 0 Å². The summed E-state index contributed by atoms with van der Waals surface area (Å²) >= 11 is 0. The van der Waals surface area contributed by atoms with E-state index in [4.69, 9.17) is 5.73 Å². The van der Waals surface area contributed by atoms with E-state index >= 15 is 0 Å². The summed E-state index contributed by atoms with van der Waals surface area (Å²) in [4.78, 5) is 4.36. The van der Waals surface area contributed by atoms with Crippen molar-refractivity contribution in [1.29, 1.82) is 0 Å². The van der Waals surface area contributed by atoms with Crippen LogP contribution in [0.4, 0.5) is 0 Å². The Labute approximate surface area is 115 Å². The molecular formula is C17H22N2. The van der Waals surface area contributed by atoms with Crippen molar-refractivity contribution in [2.24, 2.45) is 5.73 Å². The third kappa shape index (κ3) is 3.42. The van der Waals surface area contributed by atoms with E-state index in [1.54, 1.807) is 0 Å². The zero-order valence-corrected chi connectivity index (χ0v) is 11.9. The van der Waals surface area contributed by atoms with Gasteiger partial charge in [0.25, 0.3) is 0 Å². The fraction of sp³-hybridized carbons (Fsp3) is 0.353. The maximum absolute atomic E-state index is 6.38. The van der Waals surface area contributed by atoms with Crippen molar-refractivity contribution < 1.29 is 0 Å². The molecule has 2 nitrogen and oxygen atoms in total. The van der Waals surface area contributed by atoms with Gasteiger partial charge in [0.15, 0.2) is 0 Å². The van der Waals surface area contributed by atoms with Crippen LogP contribution in [0.15, 0.2) is 48.7 Å². The van der Waals surface area contributed by atoms with Gasteiger partial charge in [0.05, 0.1) is 0 Å². The molecule has 1 aromatic carbocycles. The Morgan fingerprint density at radius 2 is 1.74 bits per heavy atom. The molecule has 1 atom stereocenters. The molecule has 0 bridgehead atoms. The van der Waals surface area contributed by atoms with Gasteiger partial charge in [-0.05, 0) is 28.7 Å². The normalized spacial score (nSPS) is 13.3. The van der Waals surface area contributed by atoms with Crippen LogP contribution < -0.4 is 5.73 Å². The van der Waals surface area contributed by atoms with Gasteiger partial charge in [-0.2, -0.15) is 0 Å². The van der Waals surface area contributed by atoms with Crippen LogP contribution in [0.3, 0.4) is 0 Å². The van der Waals surface area contributed by atoms with Crippen molar-refractivity contribution in [3.63, 3.8) is 0 Å². The van der Waals surface area contributed by atoms with Gasteiger partial charge >= 0.3 is 0 Å². The second kappa shape index (κ2) is 5.54. The number of hydrogen-bond acceptors (Lipinski definition) is 2. The number of aromatic nitrogens is 1. The zero-order chi connectivity index (χ0) is 13.9. The first-order valence-electron chi connectivity index (χ1n) is 6.73. The van der Waals surface area contributed by atoms with Crippen molar-refractivity contribution in [1.82, 2.24) is 4.98 Å². The molecular weight excluding hydrogens is 232 g/mol. The average molecular weight is 254 g/mol. The van der Waals surface area contributed by atoms with Crippen molar-refractivity contribution in [3.8, 4) is 0 Å². The second-order valence-electron chi connectivity index (χ2n) is 5.97. The lowest BCUT2D eigenvalue weighted by atomic mass is 9.81. The van der Waals surface area contributed by atoms with Crippen LogP contribution in [0.25, 0.3) is 0 Å². The quantitative estimate of drug-likeness (QED) is 0.908. The van der Waals surface area contributed by atoms with E-state index in [1.807, 2.05) is 24.4 Å². The van der Waals surface area contributed by atoms with E-state index in [-0.39, 0.29) is 11.5 Å². The molecule has 2 rings (SSSR count). The molecule has 0 radical (unpaired) electrons. The smallest absolute Gasteiger partial charge is 0.0422 e. The monoisotopic (exact) mass is 254 g/mol. The predicted octanol–water partition coefficient (Wildman–Crippen LogP) is 3.62. The third-order valence-electron chi connectivity index (χ3n) is 3.32. The fourth-order valence-electron chi connectivity index (χ4n) is 2.36. The lowest BCUT2D eigenvalue weighted by Gasteiger charge is -2.25. The van der Waals surface area contributed by atoms with Gasteiger partial charge in [0, 0.05) is 24.4 Å². The lowest BCUT2D eigenvalue weighted by molar-refractivity contribution is 0.567. The Morgan fingerprint density at radius 3 is 2.37 bits per heavy atom. The molecule has 2 N–H and O–H groups in total. The topological polar surface area (TPSA) is 38.9 Å². The Hall–Kier alpha value is -1.67. The summed E-state index contributed by atoms with van der Waals surface area (Å²) in [6.07, 6.45) is 2.59. The summed E-state index contributed by atoms with van der Waals surface area (Å²) in [5.41, 5.74) is 10.1. The number of benzene rings is 1. The Balaban J connectivity index is 2.27. The van der Waals surface area contributed by atoms with Gasteiger partial charge in [-0.1, -0.05) is 51.1 Å². The molecule has 1 aromatic heterocycles. The number of hydrogen-bond donors (Lipinski definition) is 1. The van der Waals surface area contributed by atoms with Crippen molar-refractivity contribution in [2.45, 2.75) is 38.6 Å². The van der Waals surface area contributed by atoms with E-state index in [2.05, 4.69) is 50.0 Å². The maximum atomic E-state index is 6.38. The first-order valence-corrected chi connectivity index (χ1v) is 6.73. The maximum Gasteiger partial charge on any atom is 0.0422 e. The summed E-state index contributed by atoms with van der Waals surface area (Å²) in [6, 6.07) is 14.4. The summed E-state index contributed by atoms with van der Waals surface area (Å²) < 4.78 is 0. The highest BCUT2D eigenvalue weighted by atomic mass is 14.7. The Bertz CT molecular complexity index is 526. The highest BCUT2D eigenvalue weighted by Crippen LogP contribution is 2.29. The van der Waals surface area contributed by atoms with E-state index in [9.17, 15) is 0 Å². The van der Waals surface area contributed by atoms with E-state index in [0.29, 0.717) is 0 Å². The third-order valence-corrected chi connectivity index (χ3v) is 3.32. The Kier molecular flexibility index (Phi) is 4.01. The minimum atomic E-state index is -0.00896. The molecule has 0 saturated carbocycles. The SMILES string of the molecule is CC(C)(C)c1ccccc1C(N)Cc1ccccn1. The summed E-state index contributed by atoms with van der Waals surface area (Å²) in [5.74, 6) is 0. The van der Waals surface area contributed by atoms with Gasteiger partial charge in [0.2, 0.25) is 0 Å². The largest absolute Gasteiger partial charge is 0.324 e. The highest BCUT2D eigenvalue weighted by molar-refractivity contribution is 5.35. The van der Waals surface area contributed by atoms with Crippen LogP contribution in [0.2, 0.25) is 0 Å². The van der Waals surface area contributed by atoms with Crippen molar-refractivity contribution in [3.05, 3.63) is 65.5 Å². The Morgan fingerprint density at radius 1 is 1.05 bits per heavy atom. The van der Waals surface area contributed by atoms with Crippen molar-refractivity contribution in [2.75, 3.05) is 0 Å². The first kappa shape index (κ1) is 13.8. The molecule has 0 amide bonds. The van der Waals surface area contributed by atoms with Crippen LogP contribution in [0.5, 0.6) is 0 Å². The molecule has 0 saturated heterocycles. The highest BCUT2D eigenvalue weighted by Gasteiger charge is 2.20. The van der Waals surface area contributed by atoms with Gasteiger partial charge in [-0.25, -0.2) is 0 Å². The van der Waals surface area contributed by atoms with E-state index in [1.165, 1.54) is 11.1 Å². The van der Waals surface area contributed by atoms with Gasteiger partial charge in [0.1, 0.15) is 0 Å². The molecule has 0 fully saturated rings. The summed E-state index contributed by atoms with van der Waals surface area (Å²) in [5, 5.41) is 0. The molecule has 1 unspecified atom stereocenters. The van der Waals surface area contributed by atoms with Crippen LogP contribution in [-0.2, 0) is 11.8 Å². The first-order chi connectivity index (χ1) is 8.98. The minimum absolute atomic E-state index is 0.00896. The molecule has 19 heavy (non-hydrogen) atoms. The number of nitrogens with two attached hydrogens (primary N) is 1. The standard InChI is InChI=1S/C17H22N2/c1-17(2,3)15-10-5-4-9-14(15)16(18)12-13-8-6-7-11-19-13/h4-11,16H,12,18H2,1-3H3. The minimum Gasteiger partial charge on any atom is -0.324 e. The molecule has 0 aliphatic rings. The number of nitrogens with zero attached hydrogens (tertiary/aromatic N) is 1. The summed E-state index contributed by atoms with van der Waals surface area (Å²) in [7, 11) is 0. The number of pyridine rings is 1. The van der Waals surface area contributed by atoms with Gasteiger partial charge < -0.3 is 5.73 Å². The van der Waals surface area contributed by atoms with Gasteiger partial charge in [-0.3, -0.25) is 4.98 Å². The molecule has 0 spiro atoms. The fourth-order valence-corrected chi connectivity index (χ4v) is 2.36. The molecule has 1 heterocycles. The molecule has 100 valence electrons. The predicted molar refractivity (Wildman–Crippen MR) is 80.0 cm³/mol. The average Bonchev–Trinajstić information content (AvgIpc) is 2.39. The molecule has 0 aliphatic carbocycles. The van der Waals surface area contributed by atoms with Gasteiger partial charge in [-0.15, -0.1) is 0 Å². The van der Waals surface area contributed by atoms with Crippen molar-refractivity contribution >= 4 is 0 Å². The summed E-state index contributed by atoms with van der Waals surface area (Å²) in [6.45, 7) is 6.66. The van der Waals surface area contributed by atoms with E-state index < -0.39 is 0 Å². The van der Waals surface area contributed by atoms with Crippen LogP contribution in [-0.4, -0.2) is 4.98 Å². The van der Waals surface area contributed by atoms with Crippen LogP contribution in [0.1, 0.15) is 43.6 Å². The molecule has 2 aromatic rings. The number of rotatable bonds is 3. The zero-order valence-electron chi connectivity index (χ0n) is 11.9. The molecule has 0 aliphatic heterocycles. The molecule has 2 heteroatoms.